The molecule has 0 saturated carbocycles. The van der Waals surface area contributed by atoms with Gasteiger partial charge < -0.3 is 20.0 Å². The van der Waals surface area contributed by atoms with Crippen LogP contribution in [0.4, 0.5) is 0 Å². The lowest BCUT2D eigenvalue weighted by Gasteiger charge is -2.35. The highest BCUT2D eigenvalue weighted by molar-refractivity contribution is 5.95. The predicted octanol–water partition coefficient (Wildman–Crippen LogP) is -1.50. The number of piperazine rings is 2. The summed E-state index contributed by atoms with van der Waals surface area (Å²) in [4.78, 5) is 40.7. The van der Waals surface area contributed by atoms with Crippen molar-refractivity contribution in [3.05, 3.63) is 0 Å². The van der Waals surface area contributed by atoms with Crippen LogP contribution >= 0.6 is 0 Å². The fourth-order valence-electron chi connectivity index (χ4n) is 2.50. The molecule has 0 aromatic rings. The summed E-state index contributed by atoms with van der Waals surface area (Å²) >= 11 is 0. The molecule has 20 heavy (non-hydrogen) atoms. The van der Waals surface area contributed by atoms with Gasteiger partial charge in [0.25, 0.3) is 0 Å². The maximum atomic E-state index is 12.1. The Hall–Kier alpha value is -1.63. The maximum Gasteiger partial charge on any atom is 0.243 e. The van der Waals surface area contributed by atoms with E-state index in [4.69, 9.17) is 0 Å². The lowest BCUT2D eigenvalue weighted by molar-refractivity contribution is -0.153. The number of rotatable bonds is 4. The van der Waals surface area contributed by atoms with Gasteiger partial charge in [-0.15, -0.1) is 0 Å². The third kappa shape index (κ3) is 3.47. The minimum Gasteiger partial charge on any atom is -0.339 e. The van der Waals surface area contributed by atoms with Crippen molar-refractivity contribution < 1.29 is 14.4 Å². The quantitative estimate of drug-likeness (QED) is 0.681. The molecule has 7 heteroatoms. The van der Waals surface area contributed by atoms with Gasteiger partial charge in [0, 0.05) is 32.7 Å². The first-order chi connectivity index (χ1) is 9.61. The average molecular weight is 282 g/mol. The summed E-state index contributed by atoms with van der Waals surface area (Å²) in [5.74, 6) is -0.280. The highest BCUT2D eigenvalue weighted by Gasteiger charge is 2.31. The summed E-state index contributed by atoms with van der Waals surface area (Å²) in [5, 5.41) is 3.17. The number of hydrogen-bond acceptors (Lipinski definition) is 4. The SMILES string of the molecule is CCCN1CC(=O)N(CC(=O)N2CCNCC2)CC1=O. The van der Waals surface area contributed by atoms with Crippen molar-refractivity contribution in [2.45, 2.75) is 13.3 Å². The van der Waals surface area contributed by atoms with E-state index in [1.807, 2.05) is 6.92 Å². The molecule has 3 amide bonds. The summed E-state index contributed by atoms with van der Waals surface area (Å²) in [6.07, 6.45) is 0.832. The van der Waals surface area contributed by atoms with Gasteiger partial charge in [-0.1, -0.05) is 6.92 Å². The minimum absolute atomic E-state index is 0.0184. The lowest BCUT2D eigenvalue weighted by atomic mass is 10.2. The molecule has 0 spiro atoms. The Kier molecular flexibility index (Phi) is 4.94. The molecule has 2 aliphatic rings. The van der Waals surface area contributed by atoms with Gasteiger partial charge in [-0.2, -0.15) is 0 Å². The van der Waals surface area contributed by atoms with Gasteiger partial charge in [0.05, 0.1) is 6.54 Å². The first-order valence-electron chi connectivity index (χ1n) is 7.16. The molecule has 0 atom stereocenters. The fraction of sp³-hybridized carbons (Fsp3) is 0.769. The molecule has 7 nitrogen and oxygen atoms in total. The molecule has 2 aliphatic heterocycles. The Labute approximate surface area is 118 Å². The zero-order chi connectivity index (χ0) is 14.5. The van der Waals surface area contributed by atoms with Gasteiger partial charge in [-0.25, -0.2) is 0 Å². The van der Waals surface area contributed by atoms with E-state index in [1.54, 1.807) is 9.80 Å². The smallest absolute Gasteiger partial charge is 0.243 e. The van der Waals surface area contributed by atoms with Gasteiger partial charge in [0.15, 0.2) is 0 Å². The Balaban J connectivity index is 1.88. The number of carbonyl (C=O) groups excluding carboxylic acids is 3. The first-order valence-corrected chi connectivity index (χ1v) is 7.16. The normalized spacial score (nSPS) is 20.6. The van der Waals surface area contributed by atoms with E-state index in [9.17, 15) is 14.4 Å². The first kappa shape index (κ1) is 14.8. The third-order valence-corrected chi connectivity index (χ3v) is 3.65. The molecule has 112 valence electrons. The molecule has 2 fully saturated rings. The summed E-state index contributed by atoms with van der Waals surface area (Å²) in [6.45, 7) is 5.60. The second-order valence-electron chi connectivity index (χ2n) is 5.20. The Morgan fingerprint density at radius 2 is 1.70 bits per heavy atom. The molecule has 0 unspecified atom stereocenters. The van der Waals surface area contributed by atoms with Gasteiger partial charge >= 0.3 is 0 Å². The van der Waals surface area contributed by atoms with Crippen molar-refractivity contribution in [3.8, 4) is 0 Å². The van der Waals surface area contributed by atoms with Crippen LogP contribution in [0.2, 0.25) is 0 Å². The molecular weight excluding hydrogens is 260 g/mol. The largest absolute Gasteiger partial charge is 0.339 e. The van der Waals surface area contributed by atoms with Crippen LogP contribution in [-0.2, 0) is 14.4 Å². The number of nitrogens with one attached hydrogen (secondary N) is 1. The standard InChI is InChI=1S/C13H22N4O3/c1-2-5-16-8-13(20)17(10-12(16)19)9-11(18)15-6-3-14-4-7-15/h14H,2-10H2,1H3. The topological polar surface area (TPSA) is 73.0 Å². The Bertz CT molecular complexity index is 393. The monoisotopic (exact) mass is 282 g/mol. The highest BCUT2D eigenvalue weighted by atomic mass is 16.2. The zero-order valence-electron chi connectivity index (χ0n) is 11.9. The maximum absolute atomic E-state index is 12.1. The number of hydrogen-bond donors (Lipinski definition) is 1. The van der Waals surface area contributed by atoms with Crippen molar-refractivity contribution in [1.29, 1.82) is 0 Å². The molecule has 0 aromatic heterocycles. The molecular formula is C13H22N4O3. The summed E-state index contributed by atoms with van der Waals surface area (Å²) in [6, 6.07) is 0. The second kappa shape index (κ2) is 6.69. The van der Waals surface area contributed by atoms with Crippen LogP contribution in [-0.4, -0.2) is 84.8 Å². The van der Waals surface area contributed by atoms with Crippen LogP contribution in [0.5, 0.6) is 0 Å². The zero-order valence-corrected chi connectivity index (χ0v) is 11.9. The Morgan fingerprint density at radius 1 is 1.10 bits per heavy atom. The summed E-state index contributed by atoms with van der Waals surface area (Å²) in [5.41, 5.74) is 0. The fourth-order valence-corrected chi connectivity index (χ4v) is 2.50. The van der Waals surface area contributed by atoms with E-state index in [-0.39, 0.29) is 37.4 Å². The van der Waals surface area contributed by atoms with Crippen LogP contribution in [0.3, 0.4) is 0 Å². The molecule has 2 rings (SSSR count). The molecule has 0 bridgehead atoms. The van der Waals surface area contributed by atoms with Crippen molar-refractivity contribution in [1.82, 2.24) is 20.0 Å². The number of nitrogens with zero attached hydrogens (tertiary/aromatic N) is 3. The van der Waals surface area contributed by atoms with Crippen LogP contribution in [0.1, 0.15) is 13.3 Å². The minimum atomic E-state index is -0.137. The van der Waals surface area contributed by atoms with E-state index >= 15 is 0 Å². The van der Waals surface area contributed by atoms with E-state index in [0.717, 1.165) is 19.5 Å². The van der Waals surface area contributed by atoms with Crippen LogP contribution in [0.15, 0.2) is 0 Å². The molecule has 0 aliphatic carbocycles. The average Bonchev–Trinajstić information content (AvgIpc) is 2.45. The van der Waals surface area contributed by atoms with Crippen LogP contribution in [0, 0.1) is 0 Å². The molecule has 1 N–H and O–H groups in total. The molecule has 0 radical (unpaired) electrons. The third-order valence-electron chi connectivity index (χ3n) is 3.65. The summed E-state index contributed by atoms with van der Waals surface area (Å²) in [7, 11) is 0. The van der Waals surface area contributed by atoms with Crippen molar-refractivity contribution in [2.75, 3.05) is 52.4 Å². The van der Waals surface area contributed by atoms with Gasteiger partial charge in [0.1, 0.15) is 13.1 Å². The van der Waals surface area contributed by atoms with Crippen molar-refractivity contribution in [2.24, 2.45) is 0 Å². The van der Waals surface area contributed by atoms with Gasteiger partial charge in [0.2, 0.25) is 17.7 Å². The predicted molar refractivity (Wildman–Crippen MR) is 72.9 cm³/mol. The lowest BCUT2D eigenvalue weighted by Crippen LogP contribution is -2.57. The van der Waals surface area contributed by atoms with Crippen molar-refractivity contribution >= 4 is 17.7 Å². The number of carbonyl (C=O) groups is 3. The molecule has 2 heterocycles. The van der Waals surface area contributed by atoms with E-state index in [0.29, 0.717) is 19.6 Å². The molecule has 2 saturated heterocycles. The van der Waals surface area contributed by atoms with Gasteiger partial charge in [-0.05, 0) is 6.42 Å². The van der Waals surface area contributed by atoms with Crippen molar-refractivity contribution in [3.63, 3.8) is 0 Å². The highest BCUT2D eigenvalue weighted by Crippen LogP contribution is 2.07. The summed E-state index contributed by atoms with van der Waals surface area (Å²) < 4.78 is 0. The van der Waals surface area contributed by atoms with Crippen LogP contribution in [0.25, 0.3) is 0 Å². The second-order valence-corrected chi connectivity index (χ2v) is 5.20. The van der Waals surface area contributed by atoms with E-state index in [1.165, 1.54) is 4.90 Å². The molecule has 0 aromatic carbocycles. The van der Waals surface area contributed by atoms with E-state index < -0.39 is 0 Å². The van der Waals surface area contributed by atoms with E-state index in [2.05, 4.69) is 5.32 Å². The van der Waals surface area contributed by atoms with Crippen LogP contribution < -0.4 is 5.32 Å². The Morgan fingerprint density at radius 3 is 2.35 bits per heavy atom. The van der Waals surface area contributed by atoms with Gasteiger partial charge in [-0.3, -0.25) is 14.4 Å². The number of amides is 3.